The van der Waals surface area contributed by atoms with Crippen LogP contribution < -0.4 is 9.47 Å². The van der Waals surface area contributed by atoms with Crippen LogP contribution >= 0.6 is 0 Å². The summed E-state index contributed by atoms with van der Waals surface area (Å²) in [5.74, 6) is 0.736. The number of benzene rings is 2. The molecule has 0 radical (unpaired) electrons. The van der Waals surface area contributed by atoms with Gasteiger partial charge in [-0.15, -0.1) is 0 Å². The predicted molar refractivity (Wildman–Crippen MR) is 127 cm³/mol. The summed E-state index contributed by atoms with van der Waals surface area (Å²) in [6.07, 6.45) is 2.48. The molecule has 2 aromatic carbocycles. The summed E-state index contributed by atoms with van der Waals surface area (Å²) >= 11 is 0. The van der Waals surface area contributed by atoms with Crippen LogP contribution in [-0.2, 0) is 20.4 Å². The van der Waals surface area contributed by atoms with Crippen LogP contribution in [0.1, 0.15) is 90.8 Å². The first kappa shape index (κ1) is 24.0. The molecule has 0 unspecified atom stereocenters. The molecule has 3 rings (SSSR count). The number of esters is 2. The van der Waals surface area contributed by atoms with Crippen LogP contribution in [0.5, 0.6) is 11.5 Å². The highest BCUT2D eigenvalue weighted by atomic mass is 16.5. The maximum atomic E-state index is 12.2. The quantitative estimate of drug-likeness (QED) is 0.372. The molecular formula is C28H36O4. The monoisotopic (exact) mass is 436 g/mol. The summed E-state index contributed by atoms with van der Waals surface area (Å²) in [5.41, 5.74) is 3.25. The van der Waals surface area contributed by atoms with E-state index in [-0.39, 0.29) is 28.2 Å². The number of fused-ring (bicyclic) bond motifs is 1. The minimum absolute atomic E-state index is 0.00606. The van der Waals surface area contributed by atoms with Gasteiger partial charge < -0.3 is 9.47 Å². The Bertz CT molecular complexity index is 995. The highest BCUT2D eigenvalue weighted by molar-refractivity contribution is 5.73. The smallest absolute Gasteiger partial charge is 0.311 e. The largest absolute Gasteiger partial charge is 0.427 e. The number of hydrogen-bond donors (Lipinski definition) is 0. The maximum Gasteiger partial charge on any atom is 0.311 e. The molecule has 0 saturated heterocycles. The lowest BCUT2D eigenvalue weighted by molar-refractivity contribution is -0.136. The highest BCUT2D eigenvalue weighted by Crippen LogP contribution is 2.53. The zero-order chi connectivity index (χ0) is 23.7. The lowest BCUT2D eigenvalue weighted by Gasteiger charge is -2.28. The second kappa shape index (κ2) is 8.73. The minimum Gasteiger partial charge on any atom is -0.427 e. The molecule has 4 heteroatoms. The van der Waals surface area contributed by atoms with E-state index in [0.717, 1.165) is 18.4 Å². The molecule has 0 heterocycles. The van der Waals surface area contributed by atoms with Crippen molar-refractivity contribution in [2.24, 2.45) is 5.41 Å². The van der Waals surface area contributed by atoms with Crippen molar-refractivity contribution in [3.63, 3.8) is 0 Å². The van der Waals surface area contributed by atoms with Crippen molar-refractivity contribution >= 4 is 11.9 Å². The van der Waals surface area contributed by atoms with Gasteiger partial charge in [-0.1, -0.05) is 66.7 Å². The van der Waals surface area contributed by atoms with Crippen molar-refractivity contribution < 1.29 is 19.1 Å². The number of hydrogen-bond acceptors (Lipinski definition) is 4. The first-order chi connectivity index (χ1) is 14.8. The van der Waals surface area contributed by atoms with Crippen molar-refractivity contribution in [3.8, 4) is 11.5 Å². The van der Waals surface area contributed by atoms with Crippen LogP contribution in [0.15, 0.2) is 42.5 Å². The van der Waals surface area contributed by atoms with Gasteiger partial charge in [0, 0.05) is 11.8 Å². The average molecular weight is 437 g/mol. The van der Waals surface area contributed by atoms with Crippen LogP contribution in [0.25, 0.3) is 0 Å². The van der Waals surface area contributed by atoms with Gasteiger partial charge in [0.1, 0.15) is 11.5 Å². The van der Waals surface area contributed by atoms with Crippen LogP contribution in [0.3, 0.4) is 0 Å². The molecule has 0 aliphatic heterocycles. The van der Waals surface area contributed by atoms with Gasteiger partial charge in [0.15, 0.2) is 0 Å². The Hall–Kier alpha value is -2.62. The van der Waals surface area contributed by atoms with Crippen LogP contribution in [-0.4, -0.2) is 11.9 Å². The molecule has 0 fully saturated rings. The molecule has 0 aromatic heterocycles. The summed E-state index contributed by atoms with van der Waals surface area (Å²) < 4.78 is 11.1. The van der Waals surface area contributed by atoms with E-state index >= 15 is 0 Å². The van der Waals surface area contributed by atoms with Crippen LogP contribution in [0, 0.1) is 5.41 Å². The van der Waals surface area contributed by atoms with E-state index in [0.29, 0.717) is 24.3 Å². The fourth-order valence-corrected chi connectivity index (χ4v) is 4.84. The molecular weight excluding hydrogens is 400 g/mol. The van der Waals surface area contributed by atoms with E-state index in [2.05, 4.69) is 26.8 Å². The maximum absolute atomic E-state index is 12.2. The average Bonchev–Trinajstić information content (AvgIpc) is 2.87. The Labute approximate surface area is 192 Å². The summed E-state index contributed by atoms with van der Waals surface area (Å²) in [7, 11) is 0. The Morgan fingerprint density at radius 1 is 0.875 bits per heavy atom. The molecule has 0 bridgehead atoms. The van der Waals surface area contributed by atoms with E-state index in [9.17, 15) is 9.59 Å². The van der Waals surface area contributed by atoms with Crippen molar-refractivity contribution in [2.75, 3.05) is 0 Å². The molecule has 4 nitrogen and oxygen atoms in total. The zero-order valence-corrected chi connectivity index (χ0v) is 20.5. The van der Waals surface area contributed by atoms with Gasteiger partial charge in [-0.25, -0.2) is 0 Å². The fourth-order valence-electron chi connectivity index (χ4n) is 4.84. The molecule has 0 N–H and O–H groups in total. The van der Waals surface area contributed by atoms with Gasteiger partial charge in [-0.3, -0.25) is 9.59 Å². The fraction of sp³-hybridized carbons (Fsp3) is 0.500. The molecule has 2 aromatic rings. The van der Waals surface area contributed by atoms with Crippen molar-refractivity contribution in [3.05, 3.63) is 59.2 Å². The van der Waals surface area contributed by atoms with E-state index in [4.69, 9.17) is 9.47 Å². The number of carbonyl (C=O) groups excluding carboxylic acids is 2. The molecule has 0 spiro atoms. The van der Waals surface area contributed by atoms with Gasteiger partial charge in [0.25, 0.3) is 0 Å². The molecule has 1 atom stereocenters. The van der Waals surface area contributed by atoms with Crippen LogP contribution in [0.2, 0.25) is 0 Å². The third kappa shape index (κ3) is 5.23. The van der Waals surface area contributed by atoms with Gasteiger partial charge in [0.2, 0.25) is 0 Å². The standard InChI is InChI=1S/C28H36O4/c1-8-9-24(29)32-21-14-15-22-23(16-21)28(7,18-27(22,5)6)19-10-12-20(13-11-19)31-25(30)17-26(2,3)4/h10-16H,8-9,17-18H2,1-7H3/t28-/m0/s1. The topological polar surface area (TPSA) is 52.6 Å². The predicted octanol–water partition coefficient (Wildman–Crippen LogP) is 6.72. The van der Waals surface area contributed by atoms with Crippen LogP contribution in [0.4, 0.5) is 0 Å². The lowest BCUT2D eigenvalue weighted by atomic mass is 9.75. The highest BCUT2D eigenvalue weighted by Gasteiger charge is 2.46. The zero-order valence-electron chi connectivity index (χ0n) is 20.5. The minimum atomic E-state index is -0.236. The molecule has 1 aliphatic rings. The van der Waals surface area contributed by atoms with Crippen molar-refractivity contribution in [1.82, 2.24) is 0 Å². The molecule has 0 saturated carbocycles. The van der Waals surface area contributed by atoms with E-state index in [1.807, 2.05) is 64.1 Å². The normalized spacial score (nSPS) is 19.3. The third-order valence-corrected chi connectivity index (χ3v) is 6.19. The molecule has 0 amide bonds. The third-order valence-electron chi connectivity index (χ3n) is 6.19. The van der Waals surface area contributed by atoms with Crippen molar-refractivity contribution in [2.45, 2.75) is 85.0 Å². The molecule has 1 aliphatic carbocycles. The summed E-state index contributed by atoms with van der Waals surface area (Å²) in [4.78, 5) is 24.2. The first-order valence-electron chi connectivity index (χ1n) is 11.5. The van der Waals surface area contributed by atoms with Gasteiger partial charge in [0.05, 0.1) is 6.42 Å². The second-order valence-corrected chi connectivity index (χ2v) is 11.1. The van der Waals surface area contributed by atoms with Crippen molar-refractivity contribution in [1.29, 1.82) is 0 Å². The van der Waals surface area contributed by atoms with E-state index < -0.39 is 0 Å². The molecule has 32 heavy (non-hydrogen) atoms. The van der Waals surface area contributed by atoms with E-state index in [1.165, 1.54) is 11.1 Å². The van der Waals surface area contributed by atoms with Gasteiger partial charge >= 0.3 is 11.9 Å². The number of ether oxygens (including phenoxy) is 2. The second-order valence-electron chi connectivity index (χ2n) is 11.1. The summed E-state index contributed by atoms with van der Waals surface area (Å²) in [5, 5.41) is 0. The Kier molecular flexibility index (Phi) is 6.55. The Balaban J connectivity index is 1.88. The summed E-state index contributed by atoms with van der Waals surface area (Å²) in [6.45, 7) is 14.8. The van der Waals surface area contributed by atoms with Gasteiger partial charge in [-0.05, 0) is 64.6 Å². The Morgan fingerprint density at radius 3 is 2.06 bits per heavy atom. The Morgan fingerprint density at radius 2 is 1.47 bits per heavy atom. The number of carbonyl (C=O) groups is 2. The summed E-state index contributed by atoms with van der Waals surface area (Å²) in [6, 6.07) is 13.8. The lowest BCUT2D eigenvalue weighted by Crippen LogP contribution is -2.23. The van der Waals surface area contributed by atoms with Gasteiger partial charge in [-0.2, -0.15) is 0 Å². The molecule has 172 valence electrons. The van der Waals surface area contributed by atoms with E-state index in [1.54, 1.807) is 0 Å². The number of rotatable bonds is 6. The first-order valence-corrected chi connectivity index (χ1v) is 11.5. The SMILES string of the molecule is CCCC(=O)Oc1ccc2c(c1)[C@](C)(c1ccc(OC(=O)CC(C)(C)C)cc1)CC2(C)C.